The second-order valence-electron chi connectivity index (χ2n) is 4.34. The Labute approximate surface area is 104 Å². The number of carbonyl (C=O) groups is 3. The van der Waals surface area contributed by atoms with E-state index < -0.39 is 30.0 Å². The molecular formula is C11H17NO6. The minimum absolute atomic E-state index is 0.0111. The van der Waals surface area contributed by atoms with Crippen LogP contribution in [0.4, 0.5) is 0 Å². The number of carbonyl (C=O) groups excluding carboxylic acids is 1. The summed E-state index contributed by atoms with van der Waals surface area (Å²) in [5.41, 5.74) is 0. The summed E-state index contributed by atoms with van der Waals surface area (Å²) in [7, 11) is 0. The van der Waals surface area contributed by atoms with Crippen molar-refractivity contribution in [2.45, 2.75) is 50.9 Å². The largest absolute Gasteiger partial charge is 0.481 e. The predicted octanol–water partition coefficient (Wildman–Crippen LogP) is -0.0119. The fraction of sp³-hybridized carbons (Fsp3) is 0.727. The van der Waals surface area contributed by atoms with Crippen molar-refractivity contribution in [3.8, 4) is 0 Å². The Bertz CT molecular complexity index is 342. The Kier molecular flexibility index (Phi) is 5.08. The van der Waals surface area contributed by atoms with Gasteiger partial charge in [-0.1, -0.05) is 0 Å². The van der Waals surface area contributed by atoms with Gasteiger partial charge in [0.1, 0.15) is 12.1 Å². The summed E-state index contributed by atoms with van der Waals surface area (Å²) in [6.45, 7) is 1.84. The first-order chi connectivity index (χ1) is 8.40. The third kappa shape index (κ3) is 4.33. The van der Waals surface area contributed by atoms with Crippen LogP contribution in [-0.4, -0.2) is 46.3 Å². The number of ether oxygens (including phenoxy) is 1. The fourth-order valence-corrected chi connectivity index (χ4v) is 1.79. The van der Waals surface area contributed by atoms with Crippen LogP contribution < -0.4 is 5.32 Å². The zero-order valence-electron chi connectivity index (χ0n) is 10.1. The van der Waals surface area contributed by atoms with E-state index in [1.54, 1.807) is 0 Å². The lowest BCUT2D eigenvalue weighted by molar-refractivity contribution is -0.145. The van der Waals surface area contributed by atoms with Crippen LogP contribution >= 0.6 is 0 Å². The highest BCUT2D eigenvalue weighted by molar-refractivity contribution is 5.86. The molecule has 2 unspecified atom stereocenters. The molecule has 18 heavy (non-hydrogen) atoms. The van der Waals surface area contributed by atoms with Gasteiger partial charge in [-0.3, -0.25) is 9.59 Å². The summed E-state index contributed by atoms with van der Waals surface area (Å²) < 4.78 is 5.31. The lowest BCUT2D eigenvalue weighted by Crippen LogP contribution is -2.45. The zero-order valence-corrected chi connectivity index (χ0v) is 10.1. The monoisotopic (exact) mass is 259 g/mol. The van der Waals surface area contributed by atoms with E-state index in [2.05, 4.69) is 5.32 Å². The first-order valence-electron chi connectivity index (χ1n) is 5.80. The Hall–Kier alpha value is -1.63. The lowest BCUT2D eigenvalue weighted by atomic mass is 10.1. The molecule has 1 saturated heterocycles. The fourth-order valence-electron chi connectivity index (χ4n) is 1.79. The van der Waals surface area contributed by atoms with Crippen LogP contribution in [0.25, 0.3) is 0 Å². The molecule has 1 aliphatic heterocycles. The molecule has 0 radical (unpaired) electrons. The first-order valence-corrected chi connectivity index (χ1v) is 5.80. The normalized spacial score (nSPS) is 24.5. The molecule has 7 heteroatoms. The molecule has 0 aliphatic carbocycles. The molecule has 7 nitrogen and oxygen atoms in total. The highest BCUT2D eigenvalue weighted by Gasteiger charge is 2.31. The van der Waals surface area contributed by atoms with Crippen LogP contribution in [-0.2, 0) is 19.1 Å². The summed E-state index contributed by atoms with van der Waals surface area (Å²) in [6, 6.07) is -1.19. The van der Waals surface area contributed by atoms with E-state index in [4.69, 9.17) is 14.9 Å². The maximum Gasteiger partial charge on any atom is 0.326 e. The Morgan fingerprint density at radius 2 is 2.00 bits per heavy atom. The summed E-state index contributed by atoms with van der Waals surface area (Å²) in [5, 5.41) is 19.7. The number of amides is 1. The third-order valence-electron chi connectivity index (χ3n) is 2.79. The van der Waals surface area contributed by atoms with Gasteiger partial charge < -0.3 is 20.3 Å². The highest BCUT2D eigenvalue weighted by atomic mass is 16.5. The summed E-state index contributed by atoms with van der Waals surface area (Å²) in [4.78, 5) is 33.0. The summed E-state index contributed by atoms with van der Waals surface area (Å²) in [5.74, 6) is -2.82. The van der Waals surface area contributed by atoms with Crippen molar-refractivity contribution in [2.24, 2.45) is 0 Å². The molecular weight excluding hydrogens is 242 g/mol. The van der Waals surface area contributed by atoms with Crippen molar-refractivity contribution in [1.82, 2.24) is 5.32 Å². The maximum atomic E-state index is 11.7. The molecule has 0 saturated carbocycles. The van der Waals surface area contributed by atoms with Crippen LogP contribution in [0.1, 0.15) is 32.6 Å². The number of nitrogens with one attached hydrogen (secondary N) is 1. The molecule has 1 aliphatic rings. The molecule has 0 spiro atoms. The lowest BCUT2D eigenvalue weighted by Gasteiger charge is -2.16. The summed E-state index contributed by atoms with van der Waals surface area (Å²) >= 11 is 0. The SMILES string of the molecule is CC1CCC(C(=O)N[C@@H](CCC(=O)O)C(=O)O)O1. The van der Waals surface area contributed by atoms with Gasteiger partial charge in [-0.25, -0.2) is 4.79 Å². The molecule has 3 atom stereocenters. The van der Waals surface area contributed by atoms with Crippen molar-refractivity contribution < 1.29 is 29.3 Å². The average Bonchev–Trinajstić information content (AvgIpc) is 2.70. The van der Waals surface area contributed by atoms with Crippen LogP contribution in [0.5, 0.6) is 0 Å². The first kappa shape index (κ1) is 14.4. The second-order valence-corrected chi connectivity index (χ2v) is 4.34. The van der Waals surface area contributed by atoms with Gasteiger partial charge >= 0.3 is 11.9 Å². The van der Waals surface area contributed by atoms with Crippen LogP contribution in [0.3, 0.4) is 0 Å². The van der Waals surface area contributed by atoms with E-state index in [1.165, 1.54) is 0 Å². The van der Waals surface area contributed by atoms with E-state index in [1.807, 2.05) is 6.92 Å². The van der Waals surface area contributed by atoms with E-state index in [9.17, 15) is 14.4 Å². The second kappa shape index (κ2) is 6.34. The molecule has 0 aromatic carbocycles. The van der Waals surface area contributed by atoms with Crippen molar-refractivity contribution in [2.75, 3.05) is 0 Å². The minimum atomic E-state index is -1.24. The van der Waals surface area contributed by atoms with Crippen molar-refractivity contribution >= 4 is 17.8 Å². The van der Waals surface area contributed by atoms with E-state index in [-0.39, 0.29) is 18.9 Å². The van der Waals surface area contributed by atoms with Gasteiger partial charge in [0.2, 0.25) is 5.91 Å². The van der Waals surface area contributed by atoms with E-state index in [0.717, 1.165) is 6.42 Å². The molecule has 0 aromatic heterocycles. The number of hydrogen-bond donors (Lipinski definition) is 3. The third-order valence-corrected chi connectivity index (χ3v) is 2.79. The Balaban J connectivity index is 2.47. The quantitative estimate of drug-likeness (QED) is 0.618. The topological polar surface area (TPSA) is 113 Å². The number of carboxylic acid groups (broad SMARTS) is 2. The molecule has 1 fully saturated rings. The van der Waals surface area contributed by atoms with Gasteiger partial charge in [-0.05, 0) is 26.2 Å². The van der Waals surface area contributed by atoms with Crippen molar-refractivity contribution in [3.63, 3.8) is 0 Å². The van der Waals surface area contributed by atoms with Crippen LogP contribution in [0, 0.1) is 0 Å². The number of carboxylic acids is 2. The Morgan fingerprint density at radius 3 is 2.44 bits per heavy atom. The van der Waals surface area contributed by atoms with Gasteiger partial charge in [0.15, 0.2) is 0 Å². The maximum absolute atomic E-state index is 11.7. The van der Waals surface area contributed by atoms with Gasteiger partial charge in [0.05, 0.1) is 6.10 Å². The standard InChI is InChI=1S/C11H17NO6/c1-6-2-4-8(18-6)10(15)12-7(11(16)17)3-5-9(13)14/h6-8H,2-5H2,1H3,(H,12,15)(H,13,14)(H,16,17)/t6?,7-,8?/m0/s1. The molecule has 3 N–H and O–H groups in total. The zero-order chi connectivity index (χ0) is 13.7. The number of hydrogen-bond acceptors (Lipinski definition) is 4. The highest BCUT2D eigenvalue weighted by Crippen LogP contribution is 2.19. The van der Waals surface area contributed by atoms with Crippen molar-refractivity contribution in [3.05, 3.63) is 0 Å². The van der Waals surface area contributed by atoms with E-state index in [0.29, 0.717) is 6.42 Å². The van der Waals surface area contributed by atoms with Crippen LogP contribution in [0.2, 0.25) is 0 Å². The van der Waals surface area contributed by atoms with Gasteiger partial charge in [0.25, 0.3) is 0 Å². The molecule has 1 heterocycles. The minimum Gasteiger partial charge on any atom is -0.481 e. The van der Waals surface area contributed by atoms with Crippen LogP contribution in [0.15, 0.2) is 0 Å². The summed E-state index contributed by atoms with van der Waals surface area (Å²) in [6.07, 6.45) is 0.218. The van der Waals surface area contributed by atoms with Gasteiger partial charge in [-0.15, -0.1) is 0 Å². The van der Waals surface area contributed by atoms with Gasteiger partial charge in [-0.2, -0.15) is 0 Å². The average molecular weight is 259 g/mol. The Morgan fingerprint density at radius 1 is 1.33 bits per heavy atom. The van der Waals surface area contributed by atoms with E-state index >= 15 is 0 Å². The molecule has 0 aromatic rings. The van der Waals surface area contributed by atoms with Gasteiger partial charge in [0, 0.05) is 6.42 Å². The smallest absolute Gasteiger partial charge is 0.326 e. The molecule has 1 amide bonds. The number of rotatable bonds is 6. The van der Waals surface area contributed by atoms with Crippen molar-refractivity contribution in [1.29, 1.82) is 0 Å². The molecule has 0 bridgehead atoms. The predicted molar refractivity (Wildman–Crippen MR) is 60.0 cm³/mol. The number of aliphatic carboxylic acids is 2. The molecule has 102 valence electrons. The molecule has 1 rings (SSSR count).